The fraction of sp³-hybridized carbons (Fsp3) is 0.682. The standard InChI is InChI=1S/C22H33N3O3S/c1-3-4-5-6-7-11-14-23-22-25-20-17(21(27)28-22)15(2)18(29-20)19(26)24-16-12-9-8-10-13-16/h16H,3-14H2,1-2H3,(H,23,25)(H,24,26). The molecule has 1 amide bonds. The first kappa shape index (κ1) is 21.8. The van der Waals surface area contributed by atoms with Crippen molar-refractivity contribution in [3.63, 3.8) is 0 Å². The van der Waals surface area contributed by atoms with E-state index in [2.05, 4.69) is 22.5 Å². The molecule has 2 heterocycles. The van der Waals surface area contributed by atoms with Crippen LogP contribution in [0.25, 0.3) is 10.2 Å². The van der Waals surface area contributed by atoms with Gasteiger partial charge in [0.05, 0.1) is 4.88 Å². The van der Waals surface area contributed by atoms with Crippen LogP contribution in [0, 0.1) is 6.92 Å². The molecular formula is C22H33N3O3S. The smallest absolute Gasteiger partial charge is 0.349 e. The van der Waals surface area contributed by atoms with Crippen LogP contribution in [-0.4, -0.2) is 23.5 Å². The molecule has 0 bridgehead atoms. The quantitative estimate of drug-likeness (QED) is 0.504. The first-order chi connectivity index (χ1) is 14.1. The highest BCUT2D eigenvalue weighted by atomic mass is 32.1. The van der Waals surface area contributed by atoms with Crippen molar-refractivity contribution in [1.29, 1.82) is 0 Å². The molecule has 1 saturated carbocycles. The van der Waals surface area contributed by atoms with Crippen LogP contribution in [0.3, 0.4) is 0 Å². The van der Waals surface area contributed by atoms with Crippen LogP contribution in [-0.2, 0) is 0 Å². The van der Waals surface area contributed by atoms with Crippen molar-refractivity contribution in [3.8, 4) is 0 Å². The zero-order valence-electron chi connectivity index (χ0n) is 17.6. The average Bonchev–Trinajstić information content (AvgIpc) is 3.05. The Morgan fingerprint density at radius 3 is 2.62 bits per heavy atom. The van der Waals surface area contributed by atoms with Gasteiger partial charge in [-0.2, -0.15) is 4.98 Å². The van der Waals surface area contributed by atoms with Gasteiger partial charge in [0, 0.05) is 12.6 Å². The maximum Gasteiger partial charge on any atom is 0.349 e. The van der Waals surface area contributed by atoms with E-state index in [9.17, 15) is 9.59 Å². The molecular weight excluding hydrogens is 386 g/mol. The lowest BCUT2D eigenvalue weighted by Crippen LogP contribution is -2.36. The van der Waals surface area contributed by atoms with Crippen molar-refractivity contribution in [2.75, 3.05) is 11.9 Å². The number of thiophene rings is 1. The van der Waals surface area contributed by atoms with E-state index in [1.807, 2.05) is 0 Å². The first-order valence-electron chi connectivity index (χ1n) is 11.1. The summed E-state index contributed by atoms with van der Waals surface area (Å²) in [6.07, 6.45) is 12.8. The van der Waals surface area contributed by atoms with Crippen LogP contribution in [0.5, 0.6) is 0 Å². The predicted molar refractivity (Wildman–Crippen MR) is 119 cm³/mol. The Kier molecular flexibility index (Phi) is 8.09. The van der Waals surface area contributed by atoms with E-state index in [1.54, 1.807) is 6.92 Å². The Morgan fingerprint density at radius 2 is 1.86 bits per heavy atom. The number of carbonyl (C=O) groups is 1. The van der Waals surface area contributed by atoms with E-state index in [4.69, 9.17) is 4.42 Å². The number of hydrogen-bond acceptors (Lipinski definition) is 6. The van der Waals surface area contributed by atoms with E-state index in [0.717, 1.165) is 45.1 Å². The SMILES string of the molecule is CCCCCCCCNc1nc2sc(C(=O)NC3CCCCC3)c(C)c2c(=O)o1. The summed E-state index contributed by atoms with van der Waals surface area (Å²) in [5, 5.41) is 6.67. The van der Waals surface area contributed by atoms with E-state index in [1.165, 1.54) is 43.4 Å². The van der Waals surface area contributed by atoms with Crippen molar-refractivity contribution in [2.24, 2.45) is 0 Å². The minimum atomic E-state index is -0.425. The second kappa shape index (κ2) is 10.8. The summed E-state index contributed by atoms with van der Waals surface area (Å²) in [6.45, 7) is 4.74. The van der Waals surface area contributed by atoms with Gasteiger partial charge < -0.3 is 15.1 Å². The van der Waals surface area contributed by atoms with Gasteiger partial charge in [-0.3, -0.25) is 4.79 Å². The molecule has 2 aromatic rings. The summed E-state index contributed by atoms with van der Waals surface area (Å²) in [5.74, 6) is -0.0987. The van der Waals surface area contributed by atoms with Crippen molar-refractivity contribution in [2.45, 2.75) is 90.5 Å². The molecule has 0 spiro atoms. The number of hydrogen-bond donors (Lipinski definition) is 2. The molecule has 6 nitrogen and oxygen atoms in total. The summed E-state index contributed by atoms with van der Waals surface area (Å²) >= 11 is 1.28. The maximum atomic E-state index is 12.7. The van der Waals surface area contributed by atoms with Gasteiger partial charge in [-0.05, 0) is 31.7 Å². The van der Waals surface area contributed by atoms with Gasteiger partial charge in [-0.1, -0.05) is 58.3 Å². The number of fused-ring (bicyclic) bond motifs is 1. The zero-order chi connectivity index (χ0) is 20.6. The van der Waals surface area contributed by atoms with Crippen LogP contribution in [0.1, 0.15) is 92.8 Å². The normalized spacial score (nSPS) is 15.0. The number of carbonyl (C=O) groups excluding carboxylic acids is 1. The lowest BCUT2D eigenvalue weighted by atomic mass is 9.95. The van der Waals surface area contributed by atoms with Gasteiger partial charge in [0.2, 0.25) is 0 Å². The lowest BCUT2D eigenvalue weighted by Gasteiger charge is -2.22. The van der Waals surface area contributed by atoms with E-state index in [-0.39, 0.29) is 18.0 Å². The number of amides is 1. The number of unbranched alkanes of at least 4 members (excludes halogenated alkanes) is 5. The zero-order valence-corrected chi connectivity index (χ0v) is 18.5. The van der Waals surface area contributed by atoms with Crippen LogP contribution in [0.15, 0.2) is 9.21 Å². The van der Waals surface area contributed by atoms with Crippen molar-refractivity contribution in [1.82, 2.24) is 10.3 Å². The molecule has 1 aliphatic rings. The predicted octanol–water partition coefficient (Wildman–Crippen LogP) is 5.39. The highest BCUT2D eigenvalue weighted by Gasteiger charge is 2.23. The maximum absolute atomic E-state index is 12.7. The van der Waals surface area contributed by atoms with Gasteiger partial charge in [0.25, 0.3) is 11.9 Å². The molecule has 29 heavy (non-hydrogen) atoms. The number of nitrogens with one attached hydrogen (secondary N) is 2. The minimum absolute atomic E-state index is 0.0987. The molecule has 0 saturated heterocycles. The van der Waals surface area contributed by atoms with Crippen molar-refractivity contribution < 1.29 is 9.21 Å². The van der Waals surface area contributed by atoms with E-state index in [0.29, 0.717) is 20.7 Å². The third kappa shape index (κ3) is 5.81. The number of nitrogens with zero attached hydrogens (tertiary/aromatic N) is 1. The number of aromatic nitrogens is 1. The van der Waals surface area contributed by atoms with Crippen LogP contribution in [0.4, 0.5) is 6.01 Å². The molecule has 2 N–H and O–H groups in total. The Labute approximate surface area is 176 Å². The van der Waals surface area contributed by atoms with Crippen molar-refractivity contribution >= 4 is 33.5 Å². The summed E-state index contributed by atoms with van der Waals surface area (Å²) < 4.78 is 5.36. The van der Waals surface area contributed by atoms with Gasteiger partial charge >= 0.3 is 5.63 Å². The largest absolute Gasteiger partial charge is 0.389 e. The lowest BCUT2D eigenvalue weighted by molar-refractivity contribution is 0.0931. The molecule has 0 aliphatic heterocycles. The molecule has 3 rings (SSSR count). The fourth-order valence-electron chi connectivity index (χ4n) is 3.96. The fourth-order valence-corrected chi connectivity index (χ4v) is 5.03. The molecule has 7 heteroatoms. The minimum Gasteiger partial charge on any atom is -0.389 e. The number of rotatable bonds is 10. The van der Waals surface area contributed by atoms with Crippen LogP contribution < -0.4 is 16.3 Å². The van der Waals surface area contributed by atoms with Crippen molar-refractivity contribution in [3.05, 3.63) is 20.9 Å². The van der Waals surface area contributed by atoms with Crippen LogP contribution >= 0.6 is 11.3 Å². The molecule has 0 radical (unpaired) electrons. The highest BCUT2D eigenvalue weighted by molar-refractivity contribution is 7.20. The third-order valence-electron chi connectivity index (χ3n) is 5.68. The Bertz CT molecular complexity index is 868. The monoisotopic (exact) mass is 419 g/mol. The summed E-state index contributed by atoms with van der Waals surface area (Å²) in [6, 6.07) is 0.483. The molecule has 160 valence electrons. The molecule has 2 aromatic heterocycles. The number of anilines is 1. The van der Waals surface area contributed by atoms with Gasteiger partial charge in [0.1, 0.15) is 10.2 Å². The highest BCUT2D eigenvalue weighted by Crippen LogP contribution is 2.29. The Morgan fingerprint density at radius 1 is 1.14 bits per heavy atom. The molecule has 0 unspecified atom stereocenters. The third-order valence-corrected chi connectivity index (χ3v) is 6.86. The van der Waals surface area contributed by atoms with Gasteiger partial charge in [-0.15, -0.1) is 11.3 Å². The molecule has 0 aromatic carbocycles. The van der Waals surface area contributed by atoms with Gasteiger partial charge in [-0.25, -0.2) is 4.79 Å². The first-order valence-corrected chi connectivity index (χ1v) is 11.9. The van der Waals surface area contributed by atoms with E-state index < -0.39 is 5.63 Å². The number of aryl methyl sites for hydroxylation is 1. The second-order valence-corrected chi connectivity index (χ2v) is 9.04. The van der Waals surface area contributed by atoms with Gasteiger partial charge in [0.15, 0.2) is 0 Å². The van der Waals surface area contributed by atoms with E-state index >= 15 is 0 Å². The molecule has 1 aliphatic carbocycles. The Balaban J connectivity index is 1.63. The summed E-state index contributed by atoms with van der Waals surface area (Å²) in [5.41, 5.74) is 0.243. The summed E-state index contributed by atoms with van der Waals surface area (Å²) in [4.78, 5) is 30.8. The molecule has 1 fully saturated rings. The molecule has 0 atom stereocenters. The van der Waals surface area contributed by atoms with Crippen LogP contribution in [0.2, 0.25) is 0 Å². The topological polar surface area (TPSA) is 84.2 Å². The average molecular weight is 420 g/mol. The second-order valence-electron chi connectivity index (χ2n) is 8.05. The summed E-state index contributed by atoms with van der Waals surface area (Å²) in [7, 11) is 0. The Hall–Kier alpha value is -1.89.